The van der Waals surface area contributed by atoms with Gasteiger partial charge in [0, 0.05) is 24.3 Å². The SMILES string of the molecule is CC(C(=O)Nc1ccc(F)c(F)c1)N1CCCC(N(C)CC(=O)O)CC1.Cl. The number of likely N-dealkylation sites (tertiary alicyclic amines) is 1. The van der Waals surface area contributed by atoms with E-state index >= 15 is 0 Å². The number of benzene rings is 1. The summed E-state index contributed by atoms with van der Waals surface area (Å²) in [6.45, 7) is 3.16. The lowest BCUT2D eigenvalue weighted by molar-refractivity contribution is -0.138. The summed E-state index contributed by atoms with van der Waals surface area (Å²) < 4.78 is 26.2. The maximum absolute atomic E-state index is 13.3. The fourth-order valence-corrected chi connectivity index (χ4v) is 3.26. The fraction of sp³-hybridized carbons (Fsp3) is 0.556. The van der Waals surface area contributed by atoms with E-state index in [1.165, 1.54) is 6.07 Å². The average molecular weight is 406 g/mol. The molecule has 0 radical (unpaired) electrons. The van der Waals surface area contributed by atoms with Gasteiger partial charge in [-0.3, -0.25) is 19.4 Å². The maximum Gasteiger partial charge on any atom is 0.317 e. The van der Waals surface area contributed by atoms with Crippen molar-refractivity contribution in [1.29, 1.82) is 0 Å². The summed E-state index contributed by atoms with van der Waals surface area (Å²) >= 11 is 0. The van der Waals surface area contributed by atoms with Crippen LogP contribution < -0.4 is 5.32 Å². The highest BCUT2D eigenvalue weighted by Crippen LogP contribution is 2.19. The van der Waals surface area contributed by atoms with Crippen molar-refractivity contribution in [2.45, 2.75) is 38.3 Å². The molecule has 152 valence electrons. The Labute approximate surface area is 163 Å². The molecular weight excluding hydrogens is 380 g/mol. The molecule has 27 heavy (non-hydrogen) atoms. The molecule has 0 aromatic heterocycles. The van der Waals surface area contributed by atoms with E-state index in [1.54, 1.807) is 14.0 Å². The second kappa shape index (κ2) is 10.5. The van der Waals surface area contributed by atoms with E-state index in [1.807, 2.05) is 9.80 Å². The second-order valence-corrected chi connectivity index (χ2v) is 6.72. The van der Waals surface area contributed by atoms with Crippen molar-refractivity contribution in [3.05, 3.63) is 29.8 Å². The molecule has 1 aromatic carbocycles. The van der Waals surface area contributed by atoms with E-state index in [0.29, 0.717) is 6.54 Å². The van der Waals surface area contributed by atoms with Crippen LogP contribution in [0.3, 0.4) is 0 Å². The second-order valence-electron chi connectivity index (χ2n) is 6.72. The number of rotatable bonds is 6. The van der Waals surface area contributed by atoms with E-state index in [0.717, 1.165) is 37.9 Å². The molecule has 0 saturated carbocycles. The number of halogens is 3. The van der Waals surface area contributed by atoms with Crippen LogP contribution in [0.5, 0.6) is 0 Å². The van der Waals surface area contributed by atoms with Crippen molar-refractivity contribution in [3.63, 3.8) is 0 Å². The minimum absolute atomic E-state index is 0. The Bertz CT molecular complexity index is 663. The number of hydrogen-bond donors (Lipinski definition) is 2. The summed E-state index contributed by atoms with van der Waals surface area (Å²) in [5, 5.41) is 11.5. The Morgan fingerprint density at radius 3 is 2.63 bits per heavy atom. The van der Waals surface area contributed by atoms with Gasteiger partial charge in [0.05, 0.1) is 12.6 Å². The lowest BCUT2D eigenvalue weighted by Gasteiger charge is -2.28. The maximum atomic E-state index is 13.3. The molecule has 1 aromatic rings. The highest BCUT2D eigenvalue weighted by atomic mass is 35.5. The van der Waals surface area contributed by atoms with Gasteiger partial charge in [0.25, 0.3) is 0 Å². The van der Waals surface area contributed by atoms with Gasteiger partial charge in [-0.25, -0.2) is 8.78 Å². The van der Waals surface area contributed by atoms with Gasteiger partial charge < -0.3 is 10.4 Å². The summed E-state index contributed by atoms with van der Waals surface area (Å²) in [7, 11) is 1.80. The zero-order valence-electron chi connectivity index (χ0n) is 15.5. The van der Waals surface area contributed by atoms with Crippen LogP contribution in [0.2, 0.25) is 0 Å². The minimum Gasteiger partial charge on any atom is -0.480 e. The molecule has 9 heteroatoms. The number of carbonyl (C=O) groups is 2. The number of carboxylic acids is 1. The number of carboxylic acid groups (broad SMARTS) is 1. The first-order valence-corrected chi connectivity index (χ1v) is 8.70. The predicted molar refractivity (Wildman–Crippen MR) is 101 cm³/mol. The molecule has 1 aliphatic rings. The number of nitrogens with one attached hydrogen (secondary N) is 1. The molecule has 2 rings (SSSR count). The van der Waals surface area contributed by atoms with Crippen molar-refractivity contribution in [3.8, 4) is 0 Å². The third kappa shape index (κ3) is 6.71. The molecule has 0 spiro atoms. The lowest BCUT2D eigenvalue weighted by Crippen LogP contribution is -2.43. The average Bonchev–Trinajstić information content (AvgIpc) is 2.83. The Morgan fingerprint density at radius 1 is 1.30 bits per heavy atom. The fourth-order valence-electron chi connectivity index (χ4n) is 3.26. The number of likely N-dealkylation sites (N-methyl/N-ethyl adjacent to an activating group) is 1. The zero-order chi connectivity index (χ0) is 19.3. The first-order valence-electron chi connectivity index (χ1n) is 8.70. The first-order chi connectivity index (χ1) is 12.3. The minimum atomic E-state index is -1.01. The van der Waals surface area contributed by atoms with Gasteiger partial charge in [-0.1, -0.05) is 0 Å². The van der Waals surface area contributed by atoms with Gasteiger partial charge in [0.1, 0.15) is 0 Å². The summed E-state index contributed by atoms with van der Waals surface area (Å²) in [4.78, 5) is 27.2. The van der Waals surface area contributed by atoms with E-state index in [9.17, 15) is 18.4 Å². The van der Waals surface area contributed by atoms with Gasteiger partial charge in [-0.05, 0) is 51.9 Å². The number of carbonyl (C=O) groups excluding carboxylic acids is 1. The van der Waals surface area contributed by atoms with E-state index in [-0.39, 0.29) is 36.6 Å². The highest BCUT2D eigenvalue weighted by molar-refractivity contribution is 5.94. The Balaban J connectivity index is 0.00000364. The molecule has 2 unspecified atom stereocenters. The molecule has 1 fully saturated rings. The number of amides is 1. The van der Waals surface area contributed by atoms with Crippen LogP contribution in [-0.2, 0) is 9.59 Å². The molecule has 0 bridgehead atoms. The van der Waals surface area contributed by atoms with E-state index in [4.69, 9.17) is 5.11 Å². The molecular formula is C18H26ClF2N3O3. The normalized spacial score (nSPS) is 19.1. The van der Waals surface area contributed by atoms with E-state index < -0.39 is 23.6 Å². The molecule has 6 nitrogen and oxygen atoms in total. The van der Waals surface area contributed by atoms with Gasteiger partial charge in [-0.15, -0.1) is 12.4 Å². The Kier molecular flexibility index (Phi) is 9.08. The Hall–Kier alpha value is -1.77. The van der Waals surface area contributed by atoms with Gasteiger partial charge in [0.15, 0.2) is 11.6 Å². The monoisotopic (exact) mass is 405 g/mol. The summed E-state index contributed by atoms with van der Waals surface area (Å²) in [6.07, 6.45) is 2.50. The third-order valence-electron chi connectivity index (χ3n) is 4.85. The molecule has 1 amide bonds. The number of aliphatic carboxylic acids is 1. The van der Waals surface area contributed by atoms with Crippen LogP contribution >= 0.6 is 12.4 Å². The van der Waals surface area contributed by atoms with Crippen molar-refractivity contribution in [2.24, 2.45) is 0 Å². The predicted octanol–water partition coefficient (Wildman–Crippen LogP) is 2.58. The molecule has 1 aliphatic heterocycles. The number of anilines is 1. The van der Waals surface area contributed by atoms with Crippen molar-refractivity contribution < 1.29 is 23.5 Å². The topological polar surface area (TPSA) is 72.9 Å². The summed E-state index contributed by atoms with van der Waals surface area (Å²) in [5.74, 6) is -3.10. The Morgan fingerprint density at radius 2 is 2.00 bits per heavy atom. The number of hydrogen-bond acceptors (Lipinski definition) is 4. The van der Waals surface area contributed by atoms with Crippen LogP contribution in [0.25, 0.3) is 0 Å². The van der Waals surface area contributed by atoms with Crippen molar-refractivity contribution in [2.75, 3.05) is 32.0 Å². The van der Waals surface area contributed by atoms with Crippen molar-refractivity contribution >= 4 is 30.0 Å². The van der Waals surface area contributed by atoms with Crippen LogP contribution in [0.15, 0.2) is 18.2 Å². The number of nitrogens with zero attached hydrogens (tertiary/aromatic N) is 2. The molecule has 2 N–H and O–H groups in total. The zero-order valence-corrected chi connectivity index (χ0v) is 16.3. The lowest BCUT2D eigenvalue weighted by atomic mass is 10.1. The smallest absolute Gasteiger partial charge is 0.317 e. The van der Waals surface area contributed by atoms with Crippen LogP contribution in [-0.4, -0.2) is 65.5 Å². The summed E-state index contributed by atoms with van der Waals surface area (Å²) in [6, 6.07) is 3.00. The van der Waals surface area contributed by atoms with E-state index in [2.05, 4.69) is 5.32 Å². The highest BCUT2D eigenvalue weighted by Gasteiger charge is 2.27. The van der Waals surface area contributed by atoms with Crippen LogP contribution in [0.1, 0.15) is 26.2 Å². The molecule has 0 aliphatic carbocycles. The van der Waals surface area contributed by atoms with Crippen molar-refractivity contribution in [1.82, 2.24) is 9.80 Å². The standard InChI is InChI=1S/C18H25F2N3O3.ClH/c1-12(18(26)21-13-5-6-15(19)16(20)10-13)23-8-3-4-14(7-9-23)22(2)11-17(24)25;/h5-6,10,12,14H,3-4,7-9,11H2,1-2H3,(H,21,26)(H,24,25);1H. The van der Waals surface area contributed by atoms with Crippen LogP contribution in [0.4, 0.5) is 14.5 Å². The first kappa shape index (κ1) is 23.3. The third-order valence-corrected chi connectivity index (χ3v) is 4.85. The van der Waals surface area contributed by atoms with Gasteiger partial charge in [-0.2, -0.15) is 0 Å². The van der Waals surface area contributed by atoms with Gasteiger partial charge >= 0.3 is 5.97 Å². The molecule has 2 atom stereocenters. The van der Waals surface area contributed by atoms with Crippen LogP contribution in [0, 0.1) is 11.6 Å². The quantitative estimate of drug-likeness (QED) is 0.761. The molecule has 1 saturated heterocycles. The largest absolute Gasteiger partial charge is 0.480 e. The summed E-state index contributed by atoms with van der Waals surface area (Å²) in [5.41, 5.74) is 0.217. The van der Waals surface area contributed by atoms with Gasteiger partial charge in [0.2, 0.25) is 5.91 Å². The molecule has 1 heterocycles.